The van der Waals surface area contributed by atoms with E-state index in [1.807, 2.05) is 19.9 Å². The number of aryl methyl sites for hydroxylation is 2. The van der Waals surface area contributed by atoms with Gasteiger partial charge in [0.25, 0.3) is 5.91 Å². The molecule has 0 aliphatic rings. The number of halogens is 2. The molecule has 0 saturated carbocycles. The van der Waals surface area contributed by atoms with Gasteiger partial charge in [-0.15, -0.1) is 0 Å². The molecule has 0 saturated heterocycles. The SMILES string of the molecule is Cc1cc(C)cc(NC(=O)c2c(F)cccc2F)c1. The Labute approximate surface area is 110 Å². The van der Waals surface area contributed by atoms with Crippen LogP contribution in [0.4, 0.5) is 14.5 Å². The minimum atomic E-state index is -0.873. The number of nitrogens with one attached hydrogen (secondary N) is 1. The molecule has 0 fully saturated rings. The Morgan fingerprint density at radius 1 is 1.00 bits per heavy atom. The zero-order chi connectivity index (χ0) is 14.0. The Bertz CT molecular complexity index is 598. The molecule has 0 atom stereocenters. The van der Waals surface area contributed by atoms with Crippen molar-refractivity contribution in [3.8, 4) is 0 Å². The molecule has 98 valence electrons. The maximum Gasteiger partial charge on any atom is 0.261 e. The van der Waals surface area contributed by atoms with Crippen LogP contribution in [0.25, 0.3) is 0 Å². The van der Waals surface area contributed by atoms with Gasteiger partial charge >= 0.3 is 0 Å². The monoisotopic (exact) mass is 261 g/mol. The van der Waals surface area contributed by atoms with Gasteiger partial charge in [0, 0.05) is 5.69 Å². The molecule has 2 aromatic rings. The zero-order valence-electron chi connectivity index (χ0n) is 10.6. The van der Waals surface area contributed by atoms with Gasteiger partial charge in [0.15, 0.2) is 0 Å². The van der Waals surface area contributed by atoms with Crippen LogP contribution >= 0.6 is 0 Å². The summed E-state index contributed by atoms with van der Waals surface area (Å²) in [6, 6.07) is 8.75. The third-order valence-corrected chi connectivity index (χ3v) is 2.67. The summed E-state index contributed by atoms with van der Waals surface area (Å²) >= 11 is 0. The topological polar surface area (TPSA) is 29.1 Å². The molecule has 0 aromatic heterocycles. The first-order valence-electron chi connectivity index (χ1n) is 5.81. The highest BCUT2D eigenvalue weighted by Crippen LogP contribution is 2.17. The average Bonchev–Trinajstić information content (AvgIpc) is 2.26. The highest BCUT2D eigenvalue weighted by atomic mass is 19.1. The standard InChI is InChI=1S/C15H13F2NO/c1-9-6-10(2)8-11(7-9)18-15(19)14-12(16)4-3-5-13(14)17/h3-8H,1-2H3,(H,18,19). The molecule has 0 unspecified atom stereocenters. The number of carbonyl (C=O) groups is 1. The Kier molecular flexibility index (Phi) is 3.60. The maximum atomic E-state index is 13.5. The van der Waals surface area contributed by atoms with Crippen molar-refractivity contribution >= 4 is 11.6 Å². The number of hydrogen-bond acceptors (Lipinski definition) is 1. The molecule has 0 aliphatic heterocycles. The summed E-state index contributed by atoms with van der Waals surface area (Å²) in [5.74, 6) is -2.54. The summed E-state index contributed by atoms with van der Waals surface area (Å²) in [7, 11) is 0. The molecule has 4 heteroatoms. The molecule has 2 rings (SSSR count). The van der Waals surface area contributed by atoms with Crippen molar-refractivity contribution in [1.82, 2.24) is 0 Å². The Balaban J connectivity index is 2.31. The fraction of sp³-hybridized carbons (Fsp3) is 0.133. The number of carbonyl (C=O) groups excluding carboxylic acids is 1. The first-order chi connectivity index (χ1) is 8.97. The Hall–Kier alpha value is -2.23. The fourth-order valence-corrected chi connectivity index (χ4v) is 1.96. The van der Waals surface area contributed by atoms with E-state index in [-0.39, 0.29) is 0 Å². The number of benzene rings is 2. The summed E-state index contributed by atoms with van der Waals surface area (Å²) < 4.78 is 26.9. The second-order valence-corrected chi connectivity index (χ2v) is 4.43. The molecule has 19 heavy (non-hydrogen) atoms. The molecule has 1 N–H and O–H groups in total. The van der Waals surface area contributed by atoms with Crippen molar-refractivity contribution in [2.45, 2.75) is 13.8 Å². The average molecular weight is 261 g/mol. The Morgan fingerprint density at radius 3 is 2.05 bits per heavy atom. The lowest BCUT2D eigenvalue weighted by atomic mass is 10.1. The summed E-state index contributed by atoms with van der Waals surface area (Å²) in [5, 5.41) is 2.50. The molecule has 0 aliphatic carbocycles. The van der Waals surface area contributed by atoms with E-state index < -0.39 is 23.1 Å². The second-order valence-electron chi connectivity index (χ2n) is 4.43. The van der Waals surface area contributed by atoms with Crippen molar-refractivity contribution in [2.75, 3.05) is 5.32 Å². The maximum absolute atomic E-state index is 13.5. The minimum absolute atomic E-state index is 0.519. The van der Waals surface area contributed by atoms with Crippen LogP contribution in [-0.2, 0) is 0 Å². The summed E-state index contributed by atoms with van der Waals surface area (Å²) in [5.41, 5.74) is 1.88. The van der Waals surface area contributed by atoms with E-state index in [4.69, 9.17) is 0 Å². The summed E-state index contributed by atoms with van der Waals surface area (Å²) in [6.07, 6.45) is 0. The lowest BCUT2D eigenvalue weighted by molar-refractivity contribution is 0.101. The smallest absolute Gasteiger partial charge is 0.261 e. The summed E-state index contributed by atoms with van der Waals surface area (Å²) in [4.78, 5) is 11.9. The molecule has 1 amide bonds. The highest BCUT2D eigenvalue weighted by Gasteiger charge is 2.17. The normalized spacial score (nSPS) is 10.3. The van der Waals surface area contributed by atoms with Crippen LogP contribution in [0.1, 0.15) is 21.5 Å². The van der Waals surface area contributed by atoms with Crippen LogP contribution in [0, 0.1) is 25.5 Å². The third kappa shape index (κ3) is 2.96. The van der Waals surface area contributed by atoms with Crippen molar-refractivity contribution in [1.29, 1.82) is 0 Å². The molecule has 0 heterocycles. The molecular weight excluding hydrogens is 248 g/mol. The van der Waals surface area contributed by atoms with Crippen LogP contribution in [0.5, 0.6) is 0 Å². The minimum Gasteiger partial charge on any atom is -0.322 e. The number of anilines is 1. The van der Waals surface area contributed by atoms with E-state index in [1.54, 1.807) is 12.1 Å². The third-order valence-electron chi connectivity index (χ3n) is 2.67. The van der Waals surface area contributed by atoms with Gasteiger partial charge in [0.05, 0.1) is 0 Å². The van der Waals surface area contributed by atoms with Gasteiger partial charge in [-0.3, -0.25) is 4.79 Å². The largest absolute Gasteiger partial charge is 0.322 e. The van der Waals surface area contributed by atoms with Gasteiger partial charge < -0.3 is 5.32 Å². The number of amides is 1. The molecule has 0 spiro atoms. The van der Waals surface area contributed by atoms with E-state index in [1.165, 1.54) is 6.07 Å². The lowest BCUT2D eigenvalue weighted by Gasteiger charge is -2.08. The molecule has 2 aromatic carbocycles. The van der Waals surface area contributed by atoms with Gasteiger partial charge in [-0.2, -0.15) is 0 Å². The van der Waals surface area contributed by atoms with Gasteiger partial charge in [-0.05, 0) is 49.2 Å². The zero-order valence-corrected chi connectivity index (χ0v) is 10.6. The van der Waals surface area contributed by atoms with E-state index >= 15 is 0 Å². The van der Waals surface area contributed by atoms with Gasteiger partial charge in [-0.1, -0.05) is 12.1 Å². The lowest BCUT2D eigenvalue weighted by Crippen LogP contribution is -2.16. The van der Waals surface area contributed by atoms with Crippen LogP contribution in [-0.4, -0.2) is 5.91 Å². The van der Waals surface area contributed by atoms with Crippen molar-refractivity contribution < 1.29 is 13.6 Å². The quantitative estimate of drug-likeness (QED) is 0.874. The van der Waals surface area contributed by atoms with Crippen LogP contribution in [0.15, 0.2) is 36.4 Å². The Morgan fingerprint density at radius 2 is 1.53 bits per heavy atom. The van der Waals surface area contributed by atoms with Gasteiger partial charge in [0.1, 0.15) is 17.2 Å². The highest BCUT2D eigenvalue weighted by molar-refractivity contribution is 6.04. The first-order valence-corrected chi connectivity index (χ1v) is 5.81. The second kappa shape index (κ2) is 5.18. The van der Waals surface area contributed by atoms with E-state index in [2.05, 4.69) is 5.32 Å². The molecule has 0 radical (unpaired) electrons. The molecule has 0 bridgehead atoms. The number of rotatable bonds is 2. The van der Waals surface area contributed by atoms with Crippen molar-refractivity contribution in [2.24, 2.45) is 0 Å². The summed E-state index contributed by atoms with van der Waals surface area (Å²) in [6.45, 7) is 3.76. The van der Waals surface area contributed by atoms with Crippen molar-refractivity contribution in [3.05, 3.63) is 64.7 Å². The van der Waals surface area contributed by atoms with Crippen LogP contribution in [0.3, 0.4) is 0 Å². The predicted molar refractivity (Wildman–Crippen MR) is 70.2 cm³/mol. The van der Waals surface area contributed by atoms with E-state index in [0.717, 1.165) is 23.3 Å². The molecular formula is C15H13F2NO. The first kappa shape index (κ1) is 13.2. The van der Waals surface area contributed by atoms with Gasteiger partial charge in [-0.25, -0.2) is 8.78 Å². The van der Waals surface area contributed by atoms with E-state index in [0.29, 0.717) is 5.69 Å². The van der Waals surface area contributed by atoms with Crippen molar-refractivity contribution in [3.63, 3.8) is 0 Å². The van der Waals surface area contributed by atoms with E-state index in [9.17, 15) is 13.6 Å². The van der Waals surface area contributed by atoms with Crippen LogP contribution in [0.2, 0.25) is 0 Å². The fourth-order valence-electron chi connectivity index (χ4n) is 1.96. The van der Waals surface area contributed by atoms with Gasteiger partial charge in [0.2, 0.25) is 0 Å². The predicted octanol–water partition coefficient (Wildman–Crippen LogP) is 3.83. The van der Waals surface area contributed by atoms with Crippen LogP contribution < -0.4 is 5.32 Å². The molecule has 2 nitrogen and oxygen atoms in total. The number of hydrogen-bond donors (Lipinski definition) is 1.